The first kappa shape index (κ1) is 43.6. The van der Waals surface area contributed by atoms with E-state index in [1.165, 1.54) is 39.3 Å². The Kier molecular flexibility index (Phi) is 11.7. The monoisotopic (exact) mass is 900 g/mol. The molecule has 5 atom stereocenters. The second-order valence-electron chi connectivity index (χ2n) is 19.6. The van der Waals surface area contributed by atoms with Crippen LogP contribution in [0.4, 0.5) is 5.69 Å². The van der Waals surface area contributed by atoms with Crippen LogP contribution in [-0.2, 0) is 49.7 Å². The van der Waals surface area contributed by atoms with E-state index in [4.69, 9.17) is 19.4 Å². The number of nitrogens with one attached hydrogen (secondary N) is 2. The number of amides is 2. The second kappa shape index (κ2) is 17.5. The standard InChI is InChI=1S/C49H60N10O5S/c1-28-38(24-50-27-52-28)33-20-35(33)46(60)54-40-21-42-53-41(25-65-42)31-17-30-9-7-11-58-44(30)34(18-31)37(22-49(3,4)26-64-48(62)39-10-8-12-59(55-39)47(40)61)45(58)36-19-32(23-51-43(36)29(2)63-6)57-15-13-56(5)14-16-57/h17-19,23-25,27,29,33,35,39-40,55H,7-16,20-22,26H2,1-6H3,(H,54,60)/t29-,33+,35+,39-,40-/m0/s1. The zero-order valence-electron chi connectivity index (χ0n) is 38.4. The third-order valence-electron chi connectivity index (χ3n) is 14.2. The summed E-state index contributed by atoms with van der Waals surface area (Å²) < 4.78 is 14.7. The maximum absolute atomic E-state index is 14.5. The molecule has 10 rings (SSSR count). The minimum Gasteiger partial charge on any atom is -0.464 e. The number of rotatable bonds is 7. The number of hydrazine groups is 1. The zero-order chi connectivity index (χ0) is 45.1. The number of carbonyl (C=O) groups is 3. The lowest BCUT2D eigenvalue weighted by atomic mass is 9.84. The molecule has 0 unspecified atom stereocenters. The summed E-state index contributed by atoms with van der Waals surface area (Å²) in [6.07, 6.45) is 9.59. The van der Waals surface area contributed by atoms with E-state index >= 15 is 0 Å². The number of hydrogen-bond acceptors (Lipinski definition) is 13. The number of methoxy groups -OCH3 is 1. The number of benzene rings is 1. The molecule has 3 fully saturated rings. The first-order chi connectivity index (χ1) is 31.4. The molecule has 15 nitrogen and oxygen atoms in total. The molecule has 4 aliphatic heterocycles. The normalized spacial score (nSPS) is 24.1. The van der Waals surface area contributed by atoms with Crippen molar-refractivity contribution in [3.63, 3.8) is 0 Å². The number of likely N-dealkylation sites (N-methyl/N-ethyl adjacent to an activating group) is 1. The van der Waals surface area contributed by atoms with Gasteiger partial charge in [-0.05, 0) is 100 Å². The molecule has 6 bridgehead atoms. The number of carbonyl (C=O) groups excluding carboxylic acids is 3. The van der Waals surface area contributed by atoms with E-state index in [-0.39, 0.29) is 42.8 Å². The molecule has 342 valence electrons. The van der Waals surface area contributed by atoms with Gasteiger partial charge in [-0.2, -0.15) is 0 Å². The molecule has 65 heavy (non-hydrogen) atoms. The van der Waals surface area contributed by atoms with Gasteiger partial charge < -0.3 is 29.2 Å². The first-order valence-electron chi connectivity index (χ1n) is 23.3. The van der Waals surface area contributed by atoms with Gasteiger partial charge in [0.25, 0.3) is 5.91 Å². The Morgan fingerprint density at radius 2 is 1.89 bits per heavy atom. The van der Waals surface area contributed by atoms with Gasteiger partial charge in [0, 0.05) is 97.9 Å². The fourth-order valence-corrected chi connectivity index (χ4v) is 11.3. The molecule has 16 heteroatoms. The third kappa shape index (κ3) is 8.54. The summed E-state index contributed by atoms with van der Waals surface area (Å²) in [6, 6.07) is 5.29. The largest absolute Gasteiger partial charge is 0.464 e. The van der Waals surface area contributed by atoms with Crippen molar-refractivity contribution >= 4 is 45.7 Å². The van der Waals surface area contributed by atoms with Crippen molar-refractivity contribution in [1.82, 2.24) is 45.2 Å². The van der Waals surface area contributed by atoms with E-state index in [0.29, 0.717) is 32.2 Å². The lowest BCUT2D eigenvalue weighted by molar-refractivity contribution is -0.155. The van der Waals surface area contributed by atoms with Crippen LogP contribution in [0.15, 0.2) is 42.3 Å². The highest BCUT2D eigenvalue weighted by molar-refractivity contribution is 7.10. The number of fused-ring (bicyclic) bond motifs is 6. The smallest absolute Gasteiger partial charge is 0.324 e. The number of esters is 1. The molecular weight excluding hydrogens is 841 g/mol. The summed E-state index contributed by atoms with van der Waals surface area (Å²) in [5.41, 5.74) is 14.3. The third-order valence-corrected chi connectivity index (χ3v) is 15.1. The van der Waals surface area contributed by atoms with Gasteiger partial charge in [0.2, 0.25) is 5.91 Å². The number of nitrogens with zero attached hydrogens (tertiary/aromatic N) is 8. The summed E-state index contributed by atoms with van der Waals surface area (Å²) >= 11 is 1.50. The van der Waals surface area contributed by atoms with Crippen LogP contribution in [0, 0.1) is 18.3 Å². The molecule has 1 aliphatic carbocycles. The van der Waals surface area contributed by atoms with Crippen LogP contribution in [0.2, 0.25) is 0 Å². The number of ether oxygens (including phenoxy) is 2. The Balaban J connectivity index is 1.07. The molecule has 0 radical (unpaired) electrons. The van der Waals surface area contributed by atoms with Crippen LogP contribution in [0.25, 0.3) is 33.4 Å². The van der Waals surface area contributed by atoms with Gasteiger partial charge in [-0.25, -0.2) is 20.4 Å². The Morgan fingerprint density at radius 1 is 1.06 bits per heavy atom. The average Bonchev–Trinajstić information content (AvgIpc) is 3.87. The molecule has 4 aromatic heterocycles. The maximum Gasteiger partial charge on any atom is 0.324 e. The number of cyclic esters (lactones) is 1. The minimum atomic E-state index is -0.901. The van der Waals surface area contributed by atoms with Crippen molar-refractivity contribution in [3.8, 4) is 22.5 Å². The van der Waals surface area contributed by atoms with Crippen LogP contribution in [-0.4, -0.2) is 118 Å². The Hall–Kier alpha value is -5.29. The summed E-state index contributed by atoms with van der Waals surface area (Å²) in [7, 11) is 3.91. The second-order valence-corrected chi connectivity index (χ2v) is 20.5. The molecule has 0 spiro atoms. The van der Waals surface area contributed by atoms with Crippen molar-refractivity contribution in [2.24, 2.45) is 11.3 Å². The molecule has 5 aromatic rings. The minimum absolute atomic E-state index is 0.00292. The lowest BCUT2D eigenvalue weighted by Gasteiger charge is -2.35. The van der Waals surface area contributed by atoms with E-state index in [1.54, 1.807) is 13.3 Å². The summed E-state index contributed by atoms with van der Waals surface area (Å²) in [4.78, 5) is 66.1. The first-order valence-corrected chi connectivity index (χ1v) is 24.1. The summed E-state index contributed by atoms with van der Waals surface area (Å²) in [5, 5.41) is 8.60. The Bertz CT molecular complexity index is 2650. The maximum atomic E-state index is 14.5. The molecule has 1 saturated carbocycles. The number of aryl methyl sites for hydroxylation is 3. The van der Waals surface area contributed by atoms with Crippen molar-refractivity contribution in [2.75, 3.05) is 58.4 Å². The van der Waals surface area contributed by atoms with Gasteiger partial charge in [0.1, 0.15) is 18.4 Å². The number of hydrogen-bond donors (Lipinski definition) is 2. The van der Waals surface area contributed by atoms with E-state index in [1.807, 2.05) is 13.1 Å². The van der Waals surface area contributed by atoms with E-state index in [2.05, 4.69) is 86.5 Å². The van der Waals surface area contributed by atoms with E-state index < -0.39 is 23.5 Å². The van der Waals surface area contributed by atoms with Crippen LogP contribution >= 0.6 is 11.3 Å². The summed E-state index contributed by atoms with van der Waals surface area (Å²) in [6.45, 7) is 13.6. The quantitative estimate of drug-likeness (QED) is 0.190. The van der Waals surface area contributed by atoms with Crippen molar-refractivity contribution in [2.45, 2.75) is 103 Å². The molecule has 2 amide bonds. The van der Waals surface area contributed by atoms with Crippen LogP contribution in [0.3, 0.4) is 0 Å². The van der Waals surface area contributed by atoms with Gasteiger partial charge in [-0.15, -0.1) is 11.3 Å². The topological polar surface area (TPSA) is 160 Å². The number of aromatic nitrogens is 5. The van der Waals surface area contributed by atoms with Gasteiger partial charge >= 0.3 is 5.97 Å². The number of piperazine rings is 1. The van der Waals surface area contributed by atoms with Crippen LogP contribution < -0.4 is 15.6 Å². The van der Waals surface area contributed by atoms with Crippen LogP contribution in [0.1, 0.15) is 91.6 Å². The molecule has 8 heterocycles. The van der Waals surface area contributed by atoms with E-state index in [9.17, 15) is 14.4 Å². The van der Waals surface area contributed by atoms with Gasteiger partial charge in [0.15, 0.2) is 0 Å². The fourth-order valence-electron chi connectivity index (χ4n) is 10.4. The predicted molar refractivity (Wildman–Crippen MR) is 249 cm³/mol. The predicted octanol–water partition coefficient (Wildman–Crippen LogP) is 5.78. The van der Waals surface area contributed by atoms with Gasteiger partial charge in [0.05, 0.1) is 52.2 Å². The van der Waals surface area contributed by atoms with Crippen LogP contribution in [0.5, 0.6) is 0 Å². The summed E-state index contributed by atoms with van der Waals surface area (Å²) in [5.74, 6) is -1.18. The highest BCUT2D eigenvalue weighted by atomic mass is 32.1. The molecule has 2 saturated heterocycles. The molecule has 5 aliphatic rings. The average molecular weight is 901 g/mol. The highest BCUT2D eigenvalue weighted by Gasteiger charge is 2.46. The number of anilines is 1. The number of pyridine rings is 1. The number of thiazole rings is 1. The fraction of sp³-hybridized carbons (Fsp3) is 0.531. The molecular formula is C49H60N10O5S. The van der Waals surface area contributed by atoms with Crippen molar-refractivity contribution in [3.05, 3.63) is 75.4 Å². The molecule has 2 N–H and O–H groups in total. The van der Waals surface area contributed by atoms with E-state index in [0.717, 1.165) is 101 Å². The van der Waals surface area contributed by atoms with Gasteiger partial charge in [-0.1, -0.05) is 13.8 Å². The lowest BCUT2D eigenvalue weighted by Crippen LogP contribution is -2.60. The van der Waals surface area contributed by atoms with Gasteiger partial charge in [-0.3, -0.25) is 24.4 Å². The van der Waals surface area contributed by atoms with Crippen molar-refractivity contribution < 1.29 is 23.9 Å². The SMILES string of the molecule is CO[C@@H](C)c1ncc(N2CCN(C)CC2)cc1-c1c2c3cc(cc4c3n1CCC4)-c1csc(n1)C[C@H](NC(=O)[C@@H]1C[C@H]1c1cncnc1C)C(=O)N1CCC[C@H](N1)C(=O)OCC(C)(C)C2. The highest BCUT2D eigenvalue weighted by Crippen LogP contribution is 2.49. The Morgan fingerprint density at radius 3 is 2.69 bits per heavy atom. The van der Waals surface area contributed by atoms with Crippen molar-refractivity contribution in [1.29, 1.82) is 0 Å². The zero-order valence-corrected chi connectivity index (χ0v) is 39.2. The molecule has 1 aromatic carbocycles. The Labute approximate surface area is 384 Å².